The number of benzene rings is 2. The first kappa shape index (κ1) is 15.6. The topological polar surface area (TPSA) is 49.0 Å². The van der Waals surface area contributed by atoms with Crippen LogP contribution in [-0.2, 0) is 11.8 Å². The summed E-state index contributed by atoms with van der Waals surface area (Å²) < 4.78 is 0. The number of aromatic amines is 1. The number of carbonyl (C=O) groups excluding carboxylic acids is 1. The van der Waals surface area contributed by atoms with Crippen LogP contribution in [-0.4, -0.2) is 32.9 Å². The molecule has 1 aliphatic carbocycles. The summed E-state index contributed by atoms with van der Waals surface area (Å²) >= 11 is 0. The maximum Gasteiger partial charge on any atom is 0.254 e. The molecule has 4 heteroatoms. The van der Waals surface area contributed by atoms with Gasteiger partial charge in [0.1, 0.15) is 0 Å². The molecule has 4 nitrogen and oxygen atoms in total. The van der Waals surface area contributed by atoms with E-state index in [0.29, 0.717) is 0 Å². The van der Waals surface area contributed by atoms with Crippen LogP contribution in [0.3, 0.4) is 0 Å². The highest BCUT2D eigenvalue weighted by Gasteiger charge is 2.47. The number of hydrogen-bond donors (Lipinski definition) is 1. The number of imidazole rings is 1. The number of rotatable bonds is 1. The molecule has 1 N–H and O–H groups in total. The molecule has 2 aromatic carbocycles. The third kappa shape index (κ3) is 2.21. The van der Waals surface area contributed by atoms with Crippen LogP contribution in [0.5, 0.6) is 0 Å². The van der Waals surface area contributed by atoms with Gasteiger partial charge in [-0.15, -0.1) is 0 Å². The second-order valence-corrected chi connectivity index (χ2v) is 8.18. The summed E-state index contributed by atoms with van der Waals surface area (Å²) in [7, 11) is 0. The summed E-state index contributed by atoms with van der Waals surface area (Å²) in [5.41, 5.74) is 5.61. The fourth-order valence-corrected chi connectivity index (χ4v) is 5.33. The number of fused-ring (bicyclic) bond motifs is 5. The van der Waals surface area contributed by atoms with E-state index in [1.54, 1.807) is 6.33 Å². The highest BCUT2D eigenvalue weighted by atomic mass is 16.2. The molecule has 1 aromatic heterocycles. The Morgan fingerprint density at radius 3 is 2.96 bits per heavy atom. The second-order valence-electron chi connectivity index (χ2n) is 8.18. The molecule has 3 atom stereocenters. The Balaban J connectivity index is 1.53. The lowest BCUT2D eigenvalue weighted by atomic mass is 9.63. The molecular formula is C22H23N3O. The van der Waals surface area contributed by atoms with Gasteiger partial charge in [-0.3, -0.25) is 4.79 Å². The van der Waals surface area contributed by atoms with Gasteiger partial charge >= 0.3 is 0 Å². The van der Waals surface area contributed by atoms with Gasteiger partial charge in [0.2, 0.25) is 0 Å². The minimum Gasteiger partial charge on any atom is -0.345 e. The van der Waals surface area contributed by atoms with Gasteiger partial charge in [0.25, 0.3) is 5.91 Å². The van der Waals surface area contributed by atoms with E-state index >= 15 is 0 Å². The van der Waals surface area contributed by atoms with Crippen LogP contribution in [0.2, 0.25) is 0 Å². The molecule has 3 aromatic rings. The number of aromatic nitrogens is 2. The van der Waals surface area contributed by atoms with Crippen molar-refractivity contribution < 1.29 is 4.79 Å². The molecule has 2 aliphatic rings. The molecule has 2 bridgehead atoms. The Morgan fingerprint density at radius 2 is 2.08 bits per heavy atom. The number of piperidine rings is 1. The summed E-state index contributed by atoms with van der Waals surface area (Å²) in [5.74, 6) is 0.139. The number of nitrogens with one attached hydrogen (secondary N) is 1. The van der Waals surface area contributed by atoms with E-state index < -0.39 is 0 Å². The zero-order valence-electron chi connectivity index (χ0n) is 15.2. The molecule has 0 radical (unpaired) electrons. The van der Waals surface area contributed by atoms with Crippen LogP contribution in [0.25, 0.3) is 11.0 Å². The van der Waals surface area contributed by atoms with Crippen molar-refractivity contribution in [3.05, 3.63) is 65.5 Å². The van der Waals surface area contributed by atoms with Gasteiger partial charge < -0.3 is 9.88 Å². The quantitative estimate of drug-likeness (QED) is 0.723. The van der Waals surface area contributed by atoms with Gasteiger partial charge in [-0.25, -0.2) is 4.98 Å². The fourth-order valence-electron chi connectivity index (χ4n) is 5.33. The van der Waals surface area contributed by atoms with Gasteiger partial charge in [0.05, 0.1) is 17.4 Å². The van der Waals surface area contributed by atoms with Crippen LogP contribution in [0.15, 0.2) is 48.8 Å². The van der Waals surface area contributed by atoms with Crippen LogP contribution >= 0.6 is 0 Å². The molecular weight excluding hydrogens is 322 g/mol. The van der Waals surface area contributed by atoms with E-state index in [4.69, 9.17) is 0 Å². The van der Waals surface area contributed by atoms with Gasteiger partial charge in [0, 0.05) is 17.6 Å². The molecule has 132 valence electrons. The standard InChI is InChI=1S/C22H23N3O/c1-14-11-22(2)12-17(9-15-5-3-4-6-18(15)22)25(14)21(26)16-7-8-19-20(10-16)24-13-23-19/h3-8,10,13-14,17H,9,11-12H2,1-2H3,(H,23,24)/t14-,17?,22-/m1/s1. The minimum atomic E-state index is 0.139. The molecule has 1 fully saturated rings. The van der Waals surface area contributed by atoms with Gasteiger partial charge in [0.15, 0.2) is 0 Å². The summed E-state index contributed by atoms with van der Waals surface area (Å²) in [5, 5.41) is 0. The lowest BCUT2D eigenvalue weighted by molar-refractivity contribution is 0.0291. The number of likely N-dealkylation sites (tertiary alicyclic amines) is 1. The number of H-pyrrole nitrogens is 1. The summed E-state index contributed by atoms with van der Waals surface area (Å²) in [6.07, 6.45) is 4.69. The third-order valence-electron chi connectivity index (χ3n) is 6.33. The minimum absolute atomic E-state index is 0.139. The maximum atomic E-state index is 13.4. The van der Waals surface area contributed by atoms with Crippen LogP contribution in [0, 0.1) is 0 Å². The smallest absolute Gasteiger partial charge is 0.254 e. The fraction of sp³-hybridized carbons (Fsp3) is 0.364. The molecule has 26 heavy (non-hydrogen) atoms. The van der Waals surface area contributed by atoms with Gasteiger partial charge in [-0.1, -0.05) is 31.2 Å². The van der Waals surface area contributed by atoms with Gasteiger partial charge in [-0.2, -0.15) is 0 Å². The van der Waals surface area contributed by atoms with Crippen molar-refractivity contribution in [3.63, 3.8) is 0 Å². The first-order valence-corrected chi connectivity index (χ1v) is 9.39. The van der Waals surface area contributed by atoms with Gasteiger partial charge in [-0.05, 0) is 60.9 Å². The second kappa shape index (κ2) is 5.44. The first-order chi connectivity index (χ1) is 12.5. The highest BCUT2D eigenvalue weighted by molar-refractivity contribution is 5.97. The molecule has 2 heterocycles. The van der Waals surface area contributed by atoms with E-state index in [2.05, 4.69) is 53.0 Å². The van der Waals surface area contributed by atoms with E-state index in [1.165, 1.54) is 11.1 Å². The Hall–Kier alpha value is -2.62. The van der Waals surface area contributed by atoms with Crippen molar-refractivity contribution in [1.29, 1.82) is 0 Å². The average Bonchev–Trinajstić information content (AvgIpc) is 3.08. The number of amides is 1. The van der Waals surface area contributed by atoms with Crippen LogP contribution in [0.4, 0.5) is 0 Å². The highest BCUT2D eigenvalue weighted by Crippen LogP contribution is 2.47. The summed E-state index contributed by atoms with van der Waals surface area (Å²) in [4.78, 5) is 22.9. The van der Waals surface area contributed by atoms with Crippen molar-refractivity contribution >= 4 is 16.9 Å². The van der Waals surface area contributed by atoms with Crippen LogP contribution < -0.4 is 0 Å². The van der Waals surface area contributed by atoms with Crippen molar-refractivity contribution in [2.75, 3.05) is 0 Å². The van der Waals surface area contributed by atoms with Crippen LogP contribution in [0.1, 0.15) is 48.2 Å². The lowest BCUT2D eigenvalue weighted by Gasteiger charge is -2.53. The SMILES string of the molecule is C[C@@H]1C[C@]2(C)CC(Cc3ccccc32)N1C(=O)c1ccc2nc[nH]c2c1. The molecule has 5 rings (SSSR count). The molecule has 1 saturated heterocycles. The lowest BCUT2D eigenvalue weighted by Crippen LogP contribution is -2.58. The normalized spacial score (nSPS) is 27.4. The van der Waals surface area contributed by atoms with E-state index in [-0.39, 0.29) is 23.4 Å². The predicted octanol–water partition coefficient (Wildman–Crippen LogP) is 4.07. The van der Waals surface area contributed by atoms with Crippen molar-refractivity contribution in [3.8, 4) is 0 Å². The Labute approximate surface area is 153 Å². The Kier molecular flexibility index (Phi) is 3.27. The molecule has 1 unspecified atom stereocenters. The first-order valence-electron chi connectivity index (χ1n) is 9.39. The monoisotopic (exact) mass is 345 g/mol. The number of carbonyl (C=O) groups is 1. The molecule has 0 saturated carbocycles. The van der Waals surface area contributed by atoms with Crippen molar-refractivity contribution in [1.82, 2.24) is 14.9 Å². The molecule has 1 amide bonds. The third-order valence-corrected chi connectivity index (χ3v) is 6.33. The van der Waals surface area contributed by atoms with Crippen molar-refractivity contribution in [2.45, 2.75) is 50.6 Å². The summed E-state index contributed by atoms with van der Waals surface area (Å²) in [6.45, 7) is 4.57. The zero-order valence-corrected chi connectivity index (χ0v) is 15.2. The van der Waals surface area contributed by atoms with E-state index in [1.807, 2.05) is 18.2 Å². The maximum absolute atomic E-state index is 13.4. The van der Waals surface area contributed by atoms with Crippen molar-refractivity contribution in [2.24, 2.45) is 0 Å². The van der Waals surface area contributed by atoms with E-state index in [9.17, 15) is 4.79 Å². The zero-order chi connectivity index (χ0) is 17.9. The van der Waals surface area contributed by atoms with E-state index in [0.717, 1.165) is 35.9 Å². The number of nitrogens with zero attached hydrogens (tertiary/aromatic N) is 2. The predicted molar refractivity (Wildman–Crippen MR) is 102 cm³/mol. The average molecular weight is 345 g/mol. The molecule has 0 spiro atoms. The molecule has 1 aliphatic heterocycles. The largest absolute Gasteiger partial charge is 0.345 e. The Bertz CT molecular complexity index is 1010. The summed E-state index contributed by atoms with van der Waals surface area (Å²) in [6, 6.07) is 15.0. The Morgan fingerprint density at radius 1 is 1.23 bits per heavy atom. The number of hydrogen-bond acceptors (Lipinski definition) is 2.